The van der Waals surface area contributed by atoms with Crippen LogP contribution in [0.5, 0.6) is 0 Å². The summed E-state index contributed by atoms with van der Waals surface area (Å²) in [4.78, 5) is 16.9. The molecule has 6 heteroatoms. The van der Waals surface area contributed by atoms with Crippen LogP contribution in [0.1, 0.15) is 31.4 Å². The molecule has 0 spiro atoms. The highest BCUT2D eigenvalue weighted by molar-refractivity contribution is 5.82. The molecule has 2 unspecified atom stereocenters. The van der Waals surface area contributed by atoms with Crippen LogP contribution >= 0.6 is 0 Å². The van der Waals surface area contributed by atoms with Crippen LogP contribution in [-0.2, 0) is 11.3 Å². The summed E-state index contributed by atoms with van der Waals surface area (Å²) in [5.74, 6) is 0.0330. The zero-order valence-corrected chi connectivity index (χ0v) is 12.8. The lowest BCUT2D eigenvalue weighted by Gasteiger charge is -2.30. The van der Waals surface area contributed by atoms with Gasteiger partial charge in [0.15, 0.2) is 5.65 Å². The van der Waals surface area contributed by atoms with Gasteiger partial charge in [0.25, 0.3) is 0 Å². The van der Waals surface area contributed by atoms with Crippen LogP contribution in [0.25, 0.3) is 11.0 Å². The van der Waals surface area contributed by atoms with E-state index in [1.54, 1.807) is 10.9 Å². The molecule has 3 heterocycles. The van der Waals surface area contributed by atoms with Gasteiger partial charge in [-0.25, -0.2) is 9.67 Å². The maximum Gasteiger partial charge on any atom is 0.242 e. The maximum atomic E-state index is 12.5. The van der Waals surface area contributed by atoms with Crippen LogP contribution in [0, 0.1) is 6.92 Å². The highest BCUT2D eigenvalue weighted by Crippen LogP contribution is 2.36. The highest BCUT2D eigenvalue weighted by atomic mass is 16.2. The highest BCUT2D eigenvalue weighted by Gasteiger charge is 2.46. The predicted molar refractivity (Wildman–Crippen MR) is 83.4 cm³/mol. The fraction of sp³-hybridized carbons (Fsp3) is 0.562. The first-order valence-corrected chi connectivity index (χ1v) is 8.00. The van der Waals surface area contributed by atoms with E-state index in [0.717, 1.165) is 42.5 Å². The van der Waals surface area contributed by atoms with Gasteiger partial charge in [0.2, 0.25) is 5.91 Å². The molecule has 22 heavy (non-hydrogen) atoms. The van der Waals surface area contributed by atoms with Gasteiger partial charge in [-0.1, -0.05) is 0 Å². The third kappa shape index (κ3) is 2.09. The Kier molecular flexibility index (Phi) is 3.14. The zero-order valence-electron chi connectivity index (χ0n) is 12.8. The lowest BCUT2D eigenvalue weighted by molar-refractivity contribution is -0.123. The molecule has 116 valence electrons. The van der Waals surface area contributed by atoms with Crippen LogP contribution in [-0.4, -0.2) is 38.8 Å². The van der Waals surface area contributed by atoms with Crippen LogP contribution in [0.3, 0.4) is 0 Å². The van der Waals surface area contributed by atoms with Crippen LogP contribution in [0.4, 0.5) is 0 Å². The molecule has 1 saturated heterocycles. The quantitative estimate of drug-likeness (QED) is 0.891. The third-order valence-corrected chi connectivity index (χ3v) is 5.12. The molecule has 2 N–H and O–H groups in total. The minimum Gasteiger partial charge on any atom is -0.347 e. The van der Waals surface area contributed by atoms with Crippen molar-refractivity contribution in [2.24, 2.45) is 0 Å². The van der Waals surface area contributed by atoms with Gasteiger partial charge in [-0.15, -0.1) is 0 Å². The molecule has 2 aliphatic rings. The van der Waals surface area contributed by atoms with Gasteiger partial charge >= 0.3 is 0 Å². The molecule has 4 rings (SSSR count). The van der Waals surface area contributed by atoms with Gasteiger partial charge in [-0.3, -0.25) is 4.79 Å². The Morgan fingerprint density at radius 3 is 3.36 bits per heavy atom. The van der Waals surface area contributed by atoms with Gasteiger partial charge in [-0.2, -0.15) is 5.10 Å². The first-order valence-electron chi connectivity index (χ1n) is 8.00. The van der Waals surface area contributed by atoms with E-state index in [0.29, 0.717) is 6.04 Å². The number of rotatable bonds is 3. The summed E-state index contributed by atoms with van der Waals surface area (Å²) in [5, 5.41) is 12.3. The average molecular weight is 299 g/mol. The number of carbonyl (C=O) groups is 1. The average Bonchev–Trinajstić information content (AvgIpc) is 3.13. The van der Waals surface area contributed by atoms with Gasteiger partial charge < -0.3 is 10.6 Å². The Labute approximate surface area is 129 Å². The number of amides is 1. The molecule has 2 fully saturated rings. The topological polar surface area (TPSA) is 71.8 Å². The molecule has 1 aliphatic carbocycles. The molecular formula is C16H21N5O. The number of nitrogens with zero attached hydrogens (tertiary/aromatic N) is 3. The van der Waals surface area contributed by atoms with Crippen molar-refractivity contribution >= 4 is 16.9 Å². The molecule has 2 atom stereocenters. The summed E-state index contributed by atoms with van der Waals surface area (Å²) in [6, 6.07) is 4.32. The van der Waals surface area contributed by atoms with Crippen molar-refractivity contribution in [2.75, 3.05) is 6.54 Å². The molecular weight excluding hydrogens is 278 g/mol. The Balaban J connectivity index is 1.54. The summed E-state index contributed by atoms with van der Waals surface area (Å²) in [6.45, 7) is 3.18. The smallest absolute Gasteiger partial charge is 0.242 e. The monoisotopic (exact) mass is 299 g/mol. The molecule has 1 saturated carbocycles. The second kappa shape index (κ2) is 5.05. The fourth-order valence-electron chi connectivity index (χ4n) is 4.08. The molecule has 2 aromatic rings. The maximum absolute atomic E-state index is 12.5. The summed E-state index contributed by atoms with van der Waals surface area (Å²) in [6.07, 6.45) is 6.19. The van der Waals surface area contributed by atoms with Crippen molar-refractivity contribution < 1.29 is 4.79 Å². The Morgan fingerprint density at radius 2 is 2.45 bits per heavy atom. The molecule has 6 nitrogen and oxygen atoms in total. The molecule has 1 aliphatic heterocycles. The van der Waals surface area contributed by atoms with E-state index in [9.17, 15) is 4.79 Å². The summed E-state index contributed by atoms with van der Waals surface area (Å²) >= 11 is 0. The number of pyridine rings is 1. The van der Waals surface area contributed by atoms with E-state index in [1.165, 1.54) is 6.42 Å². The number of aryl methyl sites for hydroxylation is 1. The summed E-state index contributed by atoms with van der Waals surface area (Å²) in [5.41, 5.74) is 1.65. The van der Waals surface area contributed by atoms with Crippen molar-refractivity contribution in [3.63, 3.8) is 0 Å². The van der Waals surface area contributed by atoms with Crippen molar-refractivity contribution in [1.82, 2.24) is 25.4 Å². The molecule has 0 radical (unpaired) electrons. The van der Waals surface area contributed by atoms with Crippen LogP contribution in [0.15, 0.2) is 18.3 Å². The minimum atomic E-state index is -0.0392. The van der Waals surface area contributed by atoms with Crippen LogP contribution < -0.4 is 10.6 Å². The standard InChI is InChI=1S/C16H21N5O/c1-11-12-4-3-8-18-15(12)21(20-11)10-14(22)19-16-6-2-5-13(16)17-9-7-16/h3-4,8,13,17H,2,5-7,9-10H2,1H3,(H,19,22). The predicted octanol–water partition coefficient (Wildman–Crippen LogP) is 1.14. The van der Waals surface area contributed by atoms with Crippen LogP contribution in [0.2, 0.25) is 0 Å². The van der Waals surface area contributed by atoms with Gasteiger partial charge in [0, 0.05) is 17.6 Å². The van der Waals surface area contributed by atoms with E-state index in [2.05, 4.69) is 20.7 Å². The number of aromatic nitrogens is 3. The van der Waals surface area contributed by atoms with Crippen molar-refractivity contribution in [3.8, 4) is 0 Å². The largest absolute Gasteiger partial charge is 0.347 e. The number of hydrogen-bond acceptors (Lipinski definition) is 4. The Hall–Kier alpha value is -1.95. The second-order valence-electron chi connectivity index (χ2n) is 6.47. The third-order valence-electron chi connectivity index (χ3n) is 5.12. The minimum absolute atomic E-state index is 0.0330. The van der Waals surface area contributed by atoms with Crippen molar-refractivity contribution in [2.45, 2.75) is 50.7 Å². The Morgan fingerprint density at radius 1 is 1.55 bits per heavy atom. The SMILES string of the molecule is Cc1nn(CC(=O)NC23CCCC2NCC3)c2ncccc12. The first-order chi connectivity index (χ1) is 10.7. The number of fused-ring (bicyclic) bond motifs is 2. The molecule has 1 amide bonds. The van der Waals surface area contributed by atoms with Gasteiger partial charge in [0.1, 0.15) is 6.54 Å². The number of nitrogens with one attached hydrogen (secondary N) is 2. The van der Waals surface area contributed by atoms with Gasteiger partial charge in [0.05, 0.1) is 11.2 Å². The van der Waals surface area contributed by atoms with E-state index in [-0.39, 0.29) is 18.0 Å². The first kappa shape index (κ1) is 13.7. The van der Waals surface area contributed by atoms with Crippen molar-refractivity contribution in [1.29, 1.82) is 0 Å². The van der Waals surface area contributed by atoms with E-state index >= 15 is 0 Å². The summed E-state index contributed by atoms with van der Waals surface area (Å²) < 4.78 is 1.71. The second-order valence-corrected chi connectivity index (χ2v) is 6.47. The zero-order chi connectivity index (χ0) is 15.2. The lowest BCUT2D eigenvalue weighted by Crippen LogP contribution is -2.53. The molecule has 0 aromatic carbocycles. The normalized spacial score (nSPS) is 27.2. The summed E-state index contributed by atoms with van der Waals surface area (Å²) in [7, 11) is 0. The molecule has 2 aromatic heterocycles. The van der Waals surface area contributed by atoms with E-state index < -0.39 is 0 Å². The number of hydrogen-bond donors (Lipinski definition) is 2. The van der Waals surface area contributed by atoms with Gasteiger partial charge in [-0.05, 0) is 51.3 Å². The van der Waals surface area contributed by atoms with Crippen molar-refractivity contribution in [3.05, 3.63) is 24.0 Å². The van der Waals surface area contributed by atoms with E-state index in [1.807, 2.05) is 19.1 Å². The number of carbonyl (C=O) groups excluding carboxylic acids is 1. The molecule has 0 bridgehead atoms. The lowest BCUT2D eigenvalue weighted by atomic mass is 9.93. The fourth-order valence-corrected chi connectivity index (χ4v) is 4.08. The van der Waals surface area contributed by atoms with E-state index in [4.69, 9.17) is 0 Å². The Bertz CT molecular complexity index is 712.